The van der Waals surface area contributed by atoms with Gasteiger partial charge in [0.15, 0.2) is 0 Å². The van der Waals surface area contributed by atoms with Crippen LogP contribution in [0.15, 0.2) is 24.5 Å². The number of carbonyl (C=O) groups excluding carboxylic acids is 1. The number of esters is 1. The van der Waals surface area contributed by atoms with E-state index in [9.17, 15) is 4.79 Å². The summed E-state index contributed by atoms with van der Waals surface area (Å²) in [7, 11) is 0. The van der Waals surface area contributed by atoms with E-state index in [1.807, 2.05) is 25.3 Å². The van der Waals surface area contributed by atoms with E-state index >= 15 is 0 Å². The van der Waals surface area contributed by atoms with Gasteiger partial charge in [0.05, 0.1) is 6.61 Å². The normalized spacial score (nSPS) is 23.5. The Kier molecular flexibility index (Phi) is 2.97. The maximum absolute atomic E-state index is 11.3. The number of hydrogen-bond donors (Lipinski definition) is 0. The van der Waals surface area contributed by atoms with Crippen molar-refractivity contribution >= 4 is 5.97 Å². The highest BCUT2D eigenvalue weighted by molar-refractivity contribution is 5.79. The first kappa shape index (κ1) is 10.1. The molecule has 2 rings (SSSR count). The van der Waals surface area contributed by atoms with Gasteiger partial charge in [-0.1, -0.05) is 6.07 Å². The molecule has 1 aliphatic heterocycles. The van der Waals surface area contributed by atoms with Gasteiger partial charge in [0.2, 0.25) is 0 Å². The first-order chi connectivity index (χ1) is 7.31. The maximum atomic E-state index is 11.3. The summed E-state index contributed by atoms with van der Waals surface area (Å²) < 4.78 is 4.94. The Balaban J connectivity index is 1.83. The van der Waals surface area contributed by atoms with Crippen LogP contribution in [0.1, 0.15) is 12.5 Å². The third kappa shape index (κ3) is 2.53. The lowest BCUT2D eigenvalue weighted by atomic mass is 10.3. The van der Waals surface area contributed by atoms with Gasteiger partial charge in [0.1, 0.15) is 6.04 Å². The van der Waals surface area contributed by atoms with Crippen LogP contribution in [0.3, 0.4) is 0 Å². The van der Waals surface area contributed by atoms with Crippen LogP contribution in [0, 0.1) is 0 Å². The SMILES string of the molecule is CCOC(=O)[C@H]1CN1Cc1cccnc1. The molecule has 1 saturated heterocycles. The summed E-state index contributed by atoms with van der Waals surface area (Å²) in [5.41, 5.74) is 1.13. The van der Waals surface area contributed by atoms with Gasteiger partial charge in [-0.2, -0.15) is 0 Å². The van der Waals surface area contributed by atoms with Gasteiger partial charge in [-0.3, -0.25) is 14.7 Å². The predicted molar refractivity (Wildman–Crippen MR) is 55.1 cm³/mol. The van der Waals surface area contributed by atoms with Gasteiger partial charge in [-0.05, 0) is 18.6 Å². The van der Waals surface area contributed by atoms with E-state index < -0.39 is 0 Å². The zero-order valence-corrected chi connectivity index (χ0v) is 8.72. The fourth-order valence-corrected chi connectivity index (χ4v) is 1.54. The molecular formula is C11H14N2O2. The van der Waals surface area contributed by atoms with Crippen LogP contribution < -0.4 is 0 Å². The molecule has 0 saturated carbocycles. The smallest absolute Gasteiger partial charge is 0.324 e. The lowest BCUT2D eigenvalue weighted by molar-refractivity contribution is -0.143. The highest BCUT2D eigenvalue weighted by atomic mass is 16.5. The van der Waals surface area contributed by atoms with Gasteiger partial charge >= 0.3 is 5.97 Å². The van der Waals surface area contributed by atoms with E-state index in [1.54, 1.807) is 6.20 Å². The minimum absolute atomic E-state index is 0.0369. The number of rotatable bonds is 4. The molecule has 1 fully saturated rings. The minimum Gasteiger partial charge on any atom is -0.465 e. The summed E-state index contributed by atoms with van der Waals surface area (Å²) in [6.07, 6.45) is 3.56. The lowest BCUT2D eigenvalue weighted by Crippen LogP contribution is -2.16. The summed E-state index contributed by atoms with van der Waals surface area (Å²) >= 11 is 0. The molecule has 15 heavy (non-hydrogen) atoms. The monoisotopic (exact) mass is 206 g/mol. The van der Waals surface area contributed by atoms with Crippen molar-refractivity contribution in [3.8, 4) is 0 Å². The molecule has 0 radical (unpaired) electrons. The second-order valence-electron chi connectivity index (χ2n) is 3.56. The molecule has 0 bridgehead atoms. The Morgan fingerprint density at radius 1 is 1.73 bits per heavy atom. The molecule has 0 spiro atoms. The number of nitrogens with zero attached hydrogens (tertiary/aromatic N) is 2. The van der Waals surface area contributed by atoms with Gasteiger partial charge < -0.3 is 4.74 Å². The summed E-state index contributed by atoms with van der Waals surface area (Å²) in [6.45, 7) is 3.85. The summed E-state index contributed by atoms with van der Waals surface area (Å²) in [6, 6.07) is 3.87. The predicted octanol–water partition coefficient (Wildman–Crippen LogP) is 0.829. The van der Waals surface area contributed by atoms with E-state index in [0.717, 1.165) is 18.7 Å². The maximum Gasteiger partial charge on any atom is 0.324 e. The molecular weight excluding hydrogens is 192 g/mol. The summed E-state index contributed by atoms with van der Waals surface area (Å²) in [5.74, 6) is -0.110. The fourth-order valence-electron chi connectivity index (χ4n) is 1.54. The van der Waals surface area contributed by atoms with Crippen molar-refractivity contribution in [2.45, 2.75) is 19.5 Å². The third-order valence-corrected chi connectivity index (χ3v) is 2.38. The molecule has 0 aliphatic carbocycles. The molecule has 0 amide bonds. The van der Waals surface area contributed by atoms with Crippen LogP contribution in [0.5, 0.6) is 0 Å². The summed E-state index contributed by atoms with van der Waals surface area (Å²) in [5, 5.41) is 0. The Bertz CT molecular complexity index is 340. The Morgan fingerprint density at radius 2 is 2.60 bits per heavy atom. The molecule has 2 atom stereocenters. The van der Waals surface area contributed by atoms with Crippen molar-refractivity contribution in [3.63, 3.8) is 0 Å². The zero-order chi connectivity index (χ0) is 10.7. The van der Waals surface area contributed by atoms with E-state index in [2.05, 4.69) is 9.88 Å². The van der Waals surface area contributed by atoms with Gasteiger partial charge in [0, 0.05) is 25.5 Å². The van der Waals surface area contributed by atoms with Crippen LogP contribution in [0.4, 0.5) is 0 Å². The Morgan fingerprint density at radius 3 is 3.27 bits per heavy atom. The van der Waals surface area contributed by atoms with Crippen molar-refractivity contribution < 1.29 is 9.53 Å². The van der Waals surface area contributed by atoms with Gasteiger partial charge in [-0.15, -0.1) is 0 Å². The quantitative estimate of drug-likeness (QED) is 0.540. The number of hydrogen-bond acceptors (Lipinski definition) is 4. The second-order valence-corrected chi connectivity index (χ2v) is 3.56. The standard InChI is InChI=1S/C11H14N2O2/c1-2-15-11(14)10-8-13(10)7-9-4-3-5-12-6-9/h3-6,10H,2,7-8H2,1H3/t10-,13?/m1/s1. The van der Waals surface area contributed by atoms with E-state index in [1.165, 1.54) is 0 Å². The molecule has 1 unspecified atom stereocenters. The van der Waals surface area contributed by atoms with Crippen molar-refractivity contribution in [3.05, 3.63) is 30.1 Å². The number of pyridine rings is 1. The van der Waals surface area contributed by atoms with E-state index in [0.29, 0.717) is 6.61 Å². The van der Waals surface area contributed by atoms with Gasteiger partial charge in [-0.25, -0.2) is 0 Å². The van der Waals surface area contributed by atoms with E-state index in [-0.39, 0.29) is 12.0 Å². The Labute approximate surface area is 88.9 Å². The molecule has 2 heterocycles. The molecule has 1 aliphatic rings. The highest BCUT2D eigenvalue weighted by Crippen LogP contribution is 2.21. The van der Waals surface area contributed by atoms with Crippen LogP contribution in [-0.4, -0.2) is 35.0 Å². The van der Waals surface area contributed by atoms with Crippen LogP contribution in [-0.2, 0) is 16.1 Å². The van der Waals surface area contributed by atoms with Crippen LogP contribution in [0.2, 0.25) is 0 Å². The summed E-state index contributed by atoms with van der Waals surface area (Å²) in [4.78, 5) is 17.4. The molecule has 0 N–H and O–H groups in total. The van der Waals surface area contributed by atoms with Crippen molar-refractivity contribution in [1.29, 1.82) is 0 Å². The number of carbonyl (C=O) groups is 1. The average molecular weight is 206 g/mol. The number of aromatic nitrogens is 1. The molecule has 0 aromatic carbocycles. The van der Waals surface area contributed by atoms with E-state index in [4.69, 9.17) is 4.74 Å². The highest BCUT2D eigenvalue weighted by Gasteiger charge is 2.41. The largest absolute Gasteiger partial charge is 0.465 e. The second kappa shape index (κ2) is 4.40. The van der Waals surface area contributed by atoms with Gasteiger partial charge in [0.25, 0.3) is 0 Å². The fraction of sp³-hybridized carbons (Fsp3) is 0.455. The lowest BCUT2D eigenvalue weighted by Gasteiger charge is -2.03. The molecule has 80 valence electrons. The topological polar surface area (TPSA) is 42.2 Å². The van der Waals surface area contributed by atoms with Crippen molar-refractivity contribution in [1.82, 2.24) is 9.88 Å². The third-order valence-electron chi connectivity index (χ3n) is 2.38. The first-order valence-electron chi connectivity index (χ1n) is 5.11. The zero-order valence-electron chi connectivity index (χ0n) is 8.72. The average Bonchev–Trinajstić information content (AvgIpc) is 2.99. The molecule has 4 nitrogen and oxygen atoms in total. The van der Waals surface area contributed by atoms with Crippen LogP contribution in [0.25, 0.3) is 0 Å². The number of ether oxygens (including phenoxy) is 1. The molecule has 1 aromatic heterocycles. The first-order valence-corrected chi connectivity index (χ1v) is 5.11. The van der Waals surface area contributed by atoms with Crippen LogP contribution >= 0.6 is 0 Å². The molecule has 1 aromatic rings. The Hall–Kier alpha value is -1.42. The van der Waals surface area contributed by atoms with Crippen molar-refractivity contribution in [2.75, 3.05) is 13.2 Å². The molecule has 4 heteroatoms. The minimum atomic E-state index is -0.110. The van der Waals surface area contributed by atoms with Crippen molar-refractivity contribution in [2.24, 2.45) is 0 Å².